The molecule has 0 spiro atoms. The second-order valence-corrected chi connectivity index (χ2v) is 21.1. The Bertz CT molecular complexity index is 3660. The topological polar surface area (TPSA) is 3.24 Å². The minimum Gasteiger partial charge on any atom is -0.310 e. The van der Waals surface area contributed by atoms with Gasteiger partial charge in [0.1, 0.15) is 0 Å². The van der Waals surface area contributed by atoms with Crippen LogP contribution in [0, 0.1) is 0 Å². The largest absolute Gasteiger partial charge is 0.310 e. The van der Waals surface area contributed by atoms with E-state index in [9.17, 15) is 0 Å². The van der Waals surface area contributed by atoms with Gasteiger partial charge < -0.3 is 4.90 Å². The molecule has 68 heavy (non-hydrogen) atoms. The molecule has 0 amide bonds. The summed E-state index contributed by atoms with van der Waals surface area (Å²) < 4.78 is 2.66. The quantitative estimate of drug-likeness (QED) is 0.154. The van der Waals surface area contributed by atoms with E-state index in [1.54, 1.807) is 5.57 Å². The number of fused-ring (bicyclic) bond motifs is 8. The van der Waals surface area contributed by atoms with E-state index in [0.717, 1.165) is 17.8 Å². The first-order valence-electron chi connectivity index (χ1n) is 24.1. The fraction of sp³-hybridized carbons (Fsp3) is 0.121. The van der Waals surface area contributed by atoms with Gasteiger partial charge in [-0.1, -0.05) is 209 Å². The lowest BCUT2D eigenvalue weighted by Gasteiger charge is -2.33. The zero-order chi connectivity index (χ0) is 45.7. The van der Waals surface area contributed by atoms with Gasteiger partial charge in [0.25, 0.3) is 0 Å². The molecule has 1 aromatic heterocycles. The van der Waals surface area contributed by atoms with Crippen molar-refractivity contribution in [3.05, 3.63) is 252 Å². The van der Waals surface area contributed by atoms with Gasteiger partial charge in [-0.2, -0.15) is 0 Å². The van der Waals surface area contributed by atoms with E-state index in [2.05, 4.69) is 251 Å². The van der Waals surface area contributed by atoms with Gasteiger partial charge in [-0.15, -0.1) is 11.3 Å². The summed E-state index contributed by atoms with van der Waals surface area (Å²) in [6.45, 7) is 9.83. The van der Waals surface area contributed by atoms with Crippen LogP contribution in [0.1, 0.15) is 62.3 Å². The lowest BCUT2D eigenvalue weighted by molar-refractivity contribution is 0.561. The number of nitrogens with zero attached hydrogens (tertiary/aromatic N) is 1. The smallest absolute Gasteiger partial charge is 0.0464 e. The van der Waals surface area contributed by atoms with Gasteiger partial charge in [-0.05, 0) is 127 Å². The van der Waals surface area contributed by atoms with Crippen molar-refractivity contribution in [3.63, 3.8) is 0 Å². The molecule has 10 aromatic rings. The van der Waals surface area contributed by atoms with E-state index < -0.39 is 0 Å². The average molecular weight is 890 g/mol. The molecule has 0 aliphatic heterocycles. The number of hydrogen-bond acceptors (Lipinski definition) is 2. The molecule has 2 heteroatoms. The summed E-state index contributed by atoms with van der Waals surface area (Å²) in [6, 6.07) is 78.8. The third kappa shape index (κ3) is 6.42. The molecule has 0 saturated carbocycles. The summed E-state index contributed by atoms with van der Waals surface area (Å²) in [5.41, 5.74) is 23.5. The van der Waals surface area contributed by atoms with Crippen molar-refractivity contribution in [1.29, 1.82) is 0 Å². The molecule has 0 fully saturated rings. The predicted octanol–water partition coefficient (Wildman–Crippen LogP) is 18.6. The molecule has 0 N–H and O–H groups in total. The van der Waals surface area contributed by atoms with Crippen molar-refractivity contribution < 1.29 is 0 Å². The normalized spacial score (nSPS) is 16.3. The van der Waals surface area contributed by atoms with Gasteiger partial charge in [0, 0.05) is 54.0 Å². The summed E-state index contributed by atoms with van der Waals surface area (Å²) in [7, 11) is 0. The molecule has 3 aliphatic carbocycles. The van der Waals surface area contributed by atoms with E-state index >= 15 is 0 Å². The van der Waals surface area contributed by atoms with Crippen molar-refractivity contribution in [2.45, 2.75) is 50.9 Å². The van der Waals surface area contributed by atoms with E-state index in [0.29, 0.717) is 5.92 Å². The number of hydrogen-bond donors (Lipinski definition) is 0. The third-order valence-electron chi connectivity index (χ3n) is 15.6. The molecule has 0 radical (unpaired) electrons. The molecule has 0 bridgehead atoms. The highest BCUT2D eigenvalue weighted by molar-refractivity contribution is 7.25. The number of rotatable bonds is 7. The molecular formula is C66H51NS. The molecule has 13 rings (SSSR count). The SMILES string of the molecule is CC1(C)C2=CC3=C(CC2c2ccc(N(c4ccc(-c5ccc(-c6ccccc6)cc5)cc4)c4ccc(-c5ccc6c(c5)sc5ccccc56)cc4)cc21)C(C)(C)c1c3cccc1-c1ccccc1. The van der Waals surface area contributed by atoms with Crippen molar-refractivity contribution in [2.24, 2.45) is 0 Å². The summed E-state index contributed by atoms with van der Waals surface area (Å²) >= 11 is 1.88. The van der Waals surface area contributed by atoms with Crippen molar-refractivity contribution in [2.75, 3.05) is 4.90 Å². The van der Waals surface area contributed by atoms with Gasteiger partial charge in [-0.25, -0.2) is 0 Å². The first kappa shape index (κ1) is 40.7. The van der Waals surface area contributed by atoms with Crippen LogP contribution in [0.4, 0.5) is 17.1 Å². The second kappa shape index (κ2) is 15.5. The van der Waals surface area contributed by atoms with E-state index in [1.807, 2.05) is 11.3 Å². The number of anilines is 3. The molecule has 326 valence electrons. The summed E-state index contributed by atoms with van der Waals surface area (Å²) in [6.07, 6.45) is 3.64. The number of allylic oxidation sites excluding steroid dienone is 4. The Balaban J connectivity index is 0.877. The first-order valence-corrected chi connectivity index (χ1v) is 24.9. The Morgan fingerprint density at radius 2 is 0.956 bits per heavy atom. The Hall–Kier alpha value is -7.52. The van der Waals surface area contributed by atoms with Crippen molar-refractivity contribution in [3.8, 4) is 44.5 Å². The molecule has 1 atom stereocenters. The van der Waals surface area contributed by atoms with Crippen LogP contribution < -0.4 is 4.90 Å². The highest BCUT2D eigenvalue weighted by atomic mass is 32.1. The van der Waals surface area contributed by atoms with Gasteiger partial charge in [0.05, 0.1) is 0 Å². The number of thiophene rings is 1. The standard InChI is InChI=1S/C66H51NS/c1-65(2)59-39-51(35-37-53(59)57-40-61-58(41-60(57)65)56-20-13-19-52(64(56)66(61,3)4)47-16-9-6-10-17-47)67(49-31-26-45(27-32-49)44-24-22-43(23-25-44)42-14-7-5-8-15-42)50-33-28-46(29-34-50)48-30-36-55-54-18-11-12-21-62(54)68-63(55)38-48/h5-39,41,57H,40H2,1-4H3. The minimum atomic E-state index is -0.144. The van der Waals surface area contributed by atoms with Crippen LogP contribution in [-0.2, 0) is 10.8 Å². The second-order valence-electron chi connectivity index (χ2n) is 20.0. The van der Waals surface area contributed by atoms with Crippen molar-refractivity contribution >= 4 is 54.1 Å². The van der Waals surface area contributed by atoms with Gasteiger partial charge in [0.2, 0.25) is 0 Å². The van der Waals surface area contributed by atoms with Crippen LogP contribution in [0.3, 0.4) is 0 Å². The Morgan fingerprint density at radius 3 is 1.63 bits per heavy atom. The molecule has 3 aliphatic rings. The molecule has 1 nitrogen and oxygen atoms in total. The zero-order valence-electron chi connectivity index (χ0n) is 38.9. The first-order chi connectivity index (χ1) is 33.2. The lowest BCUT2D eigenvalue weighted by Crippen LogP contribution is -2.23. The molecule has 0 saturated heterocycles. The fourth-order valence-electron chi connectivity index (χ4n) is 12.1. The van der Waals surface area contributed by atoms with E-state index in [1.165, 1.54) is 104 Å². The van der Waals surface area contributed by atoms with Crippen molar-refractivity contribution in [1.82, 2.24) is 0 Å². The van der Waals surface area contributed by atoms with Gasteiger partial charge in [0.15, 0.2) is 0 Å². The van der Waals surface area contributed by atoms with Crippen LogP contribution in [0.5, 0.6) is 0 Å². The van der Waals surface area contributed by atoms with Crippen LogP contribution >= 0.6 is 11.3 Å². The van der Waals surface area contributed by atoms with Crippen LogP contribution in [0.15, 0.2) is 230 Å². The highest BCUT2D eigenvalue weighted by Crippen LogP contribution is 2.62. The van der Waals surface area contributed by atoms with Gasteiger partial charge in [-0.3, -0.25) is 0 Å². The predicted molar refractivity (Wildman–Crippen MR) is 291 cm³/mol. The maximum atomic E-state index is 2.60. The van der Waals surface area contributed by atoms with Crippen LogP contribution in [-0.4, -0.2) is 0 Å². The monoisotopic (exact) mass is 889 g/mol. The van der Waals surface area contributed by atoms with Gasteiger partial charge >= 0.3 is 0 Å². The summed E-state index contributed by atoms with van der Waals surface area (Å²) in [4.78, 5) is 2.46. The fourth-order valence-corrected chi connectivity index (χ4v) is 13.2. The maximum Gasteiger partial charge on any atom is 0.0464 e. The van der Waals surface area contributed by atoms with Crippen LogP contribution in [0.2, 0.25) is 0 Å². The van der Waals surface area contributed by atoms with Crippen LogP contribution in [0.25, 0.3) is 70.3 Å². The average Bonchev–Trinajstić information content (AvgIpc) is 3.95. The van der Waals surface area contributed by atoms with E-state index in [4.69, 9.17) is 0 Å². The third-order valence-corrected chi connectivity index (χ3v) is 16.7. The van der Waals surface area contributed by atoms with E-state index in [-0.39, 0.29) is 10.8 Å². The molecule has 1 unspecified atom stereocenters. The Labute approximate surface area is 404 Å². The summed E-state index contributed by atoms with van der Waals surface area (Å²) in [5.74, 6) is 0.347. The Kier molecular flexibility index (Phi) is 9.30. The molecule has 1 heterocycles. The summed E-state index contributed by atoms with van der Waals surface area (Å²) in [5, 5.41) is 2.66. The zero-order valence-corrected chi connectivity index (χ0v) is 39.7. The number of benzene rings is 9. The molecule has 9 aromatic carbocycles. The lowest BCUT2D eigenvalue weighted by atomic mass is 9.71. The molecular weight excluding hydrogens is 839 g/mol. The maximum absolute atomic E-state index is 2.60. The minimum absolute atomic E-state index is 0.0747. The Morgan fingerprint density at radius 1 is 0.426 bits per heavy atom. The highest BCUT2D eigenvalue weighted by Gasteiger charge is 2.49.